The van der Waals surface area contributed by atoms with E-state index in [1.54, 1.807) is 56.3 Å². The van der Waals surface area contributed by atoms with E-state index in [1.165, 1.54) is 22.3 Å². The van der Waals surface area contributed by atoms with E-state index in [0.29, 0.717) is 30.9 Å². The van der Waals surface area contributed by atoms with E-state index in [9.17, 15) is 27.5 Å². The molecule has 3 heterocycles. The highest BCUT2D eigenvalue weighted by Gasteiger charge is 2.34. The highest BCUT2D eigenvalue weighted by molar-refractivity contribution is 8.15. The van der Waals surface area contributed by atoms with Gasteiger partial charge in [-0.3, -0.25) is 23.3 Å². The summed E-state index contributed by atoms with van der Waals surface area (Å²) in [5, 5.41) is 3.60. The molecule has 0 saturated carbocycles. The first kappa shape index (κ1) is 33.5. The fraction of sp³-hybridized carbons (Fsp3) is 0.312. The van der Waals surface area contributed by atoms with Crippen molar-refractivity contribution in [3.63, 3.8) is 0 Å². The van der Waals surface area contributed by atoms with Crippen LogP contribution >= 0.6 is 22.9 Å². The average molecular weight is 688 g/mol. The van der Waals surface area contributed by atoms with Crippen LogP contribution in [-0.4, -0.2) is 45.3 Å². The van der Waals surface area contributed by atoms with E-state index in [2.05, 4.69) is 15.3 Å². The molecule has 1 amide bonds. The molecular weight excluding hydrogens is 653 g/mol. The molecule has 0 aliphatic heterocycles. The number of aromatic nitrogens is 4. The molecule has 3 aromatic heterocycles. The van der Waals surface area contributed by atoms with Crippen molar-refractivity contribution in [1.82, 2.24) is 19.1 Å². The van der Waals surface area contributed by atoms with Gasteiger partial charge in [0.25, 0.3) is 11.5 Å². The van der Waals surface area contributed by atoms with Gasteiger partial charge in [-0.05, 0) is 44.0 Å². The molecule has 0 radical (unpaired) electrons. The van der Waals surface area contributed by atoms with Crippen LogP contribution < -0.4 is 16.6 Å². The van der Waals surface area contributed by atoms with E-state index in [4.69, 9.17) is 11.6 Å². The number of H-pyrrole nitrogens is 1. The zero-order valence-corrected chi connectivity index (χ0v) is 28.2. The second-order valence-electron chi connectivity index (χ2n) is 11.6. The Labute approximate surface area is 273 Å². The predicted molar refractivity (Wildman–Crippen MR) is 182 cm³/mol. The molecule has 5 rings (SSSR count). The minimum atomic E-state index is -4.24. The third kappa shape index (κ3) is 6.37. The maximum absolute atomic E-state index is 14.4. The van der Waals surface area contributed by atoms with Crippen molar-refractivity contribution in [2.45, 2.75) is 63.3 Å². The topological polar surface area (TPSA) is 139 Å². The minimum Gasteiger partial charge on any atom is -0.336 e. The summed E-state index contributed by atoms with van der Waals surface area (Å²) in [6.07, 6.45) is 3.06. The molecule has 0 saturated heterocycles. The first-order valence-electron chi connectivity index (χ1n) is 14.7. The molecule has 10 nitrogen and oxygen atoms in total. The van der Waals surface area contributed by atoms with Crippen LogP contribution in [0.3, 0.4) is 0 Å². The number of nitrogens with zero attached hydrogens (tertiary/aromatic N) is 3. The number of amides is 1. The highest BCUT2D eigenvalue weighted by Crippen LogP contribution is 2.43. The Morgan fingerprint density at radius 3 is 2.50 bits per heavy atom. The summed E-state index contributed by atoms with van der Waals surface area (Å²) in [5.41, 5.74) is 0.808. The van der Waals surface area contributed by atoms with Gasteiger partial charge in [0.05, 0.1) is 16.5 Å². The highest BCUT2D eigenvalue weighted by atomic mass is 35.5. The van der Waals surface area contributed by atoms with Gasteiger partial charge < -0.3 is 10.3 Å². The number of thiophene rings is 1. The number of halogens is 2. The van der Waals surface area contributed by atoms with Crippen molar-refractivity contribution in [1.29, 1.82) is 0 Å². The van der Waals surface area contributed by atoms with Gasteiger partial charge in [0, 0.05) is 41.1 Å². The summed E-state index contributed by atoms with van der Waals surface area (Å²) in [5.74, 6) is -0.546. The second kappa shape index (κ2) is 12.7. The number of benzene rings is 2. The lowest BCUT2D eigenvalue weighted by Crippen LogP contribution is -2.40. The van der Waals surface area contributed by atoms with Gasteiger partial charge >= 0.3 is 5.69 Å². The molecule has 5 aromatic rings. The number of unbranched alkanes of at least 4 members (excludes halogenated alkanes) is 1. The van der Waals surface area contributed by atoms with Crippen molar-refractivity contribution in [3.8, 4) is 0 Å². The SMILES string of the molecule is CCCCn1c(=O)n(Cc2ccccc2F)c(=O)c2[nH]c(Cc3ccc(NC(=O)c4scc(S(C)(=O)(O)C(C)C)c4Cl)cc3)nc21. The van der Waals surface area contributed by atoms with Crippen molar-refractivity contribution in [3.05, 3.63) is 107 Å². The number of carbonyl (C=O) groups excluding carboxylic acids is 1. The summed E-state index contributed by atoms with van der Waals surface area (Å²) in [6.45, 7) is 5.40. The molecule has 14 heteroatoms. The van der Waals surface area contributed by atoms with E-state index in [0.717, 1.165) is 27.9 Å². The fourth-order valence-electron chi connectivity index (χ4n) is 4.91. The Balaban J connectivity index is 1.39. The summed E-state index contributed by atoms with van der Waals surface area (Å²) < 4.78 is 41.0. The molecule has 0 unspecified atom stereocenters. The number of nitrogens with one attached hydrogen (secondary N) is 2. The van der Waals surface area contributed by atoms with Crippen LogP contribution in [0.15, 0.2) is 68.4 Å². The quantitative estimate of drug-likeness (QED) is 0.153. The third-order valence-electron chi connectivity index (χ3n) is 8.07. The number of fused-ring (bicyclic) bond motifs is 1. The van der Waals surface area contributed by atoms with Gasteiger partial charge in [0.2, 0.25) is 0 Å². The summed E-state index contributed by atoms with van der Waals surface area (Å²) in [4.78, 5) is 47.7. The maximum atomic E-state index is 14.4. The zero-order chi connectivity index (χ0) is 33.4. The monoisotopic (exact) mass is 687 g/mol. The number of aromatic amines is 1. The van der Waals surface area contributed by atoms with Gasteiger partial charge in [0.1, 0.15) is 22.0 Å². The molecule has 46 heavy (non-hydrogen) atoms. The number of anilines is 1. The molecule has 0 atom stereocenters. The first-order chi connectivity index (χ1) is 21.7. The molecular formula is C32H35ClFN5O5S2. The zero-order valence-electron chi connectivity index (χ0n) is 25.8. The summed E-state index contributed by atoms with van der Waals surface area (Å²) >= 11 is 7.42. The van der Waals surface area contributed by atoms with Crippen LogP contribution in [0.25, 0.3) is 11.2 Å². The lowest BCUT2D eigenvalue weighted by Gasteiger charge is -2.42. The van der Waals surface area contributed by atoms with E-state index in [-0.39, 0.29) is 38.1 Å². The third-order valence-corrected chi connectivity index (χ3v) is 13.4. The summed E-state index contributed by atoms with van der Waals surface area (Å²) in [7, 11) is -4.24. The Bertz CT molecular complexity index is 2130. The van der Waals surface area contributed by atoms with Crippen molar-refractivity contribution in [2.75, 3.05) is 11.6 Å². The Morgan fingerprint density at radius 1 is 1.15 bits per heavy atom. The number of rotatable bonds is 11. The maximum Gasteiger partial charge on any atom is 0.333 e. The molecule has 0 spiro atoms. The van der Waals surface area contributed by atoms with E-state index >= 15 is 0 Å². The van der Waals surface area contributed by atoms with E-state index < -0.39 is 37.6 Å². The second-order valence-corrected chi connectivity index (χ2v) is 17.0. The molecule has 3 N–H and O–H groups in total. The lowest BCUT2D eigenvalue weighted by atomic mass is 10.1. The van der Waals surface area contributed by atoms with Crippen LogP contribution in [0.5, 0.6) is 0 Å². The average Bonchev–Trinajstić information content (AvgIpc) is 3.61. The van der Waals surface area contributed by atoms with Gasteiger partial charge in [-0.2, -0.15) is 9.35 Å². The van der Waals surface area contributed by atoms with Crippen LogP contribution in [0, 0.1) is 5.82 Å². The molecule has 0 aliphatic carbocycles. The standard InChI is InChI=1S/C32H35ClFN5O5S2/c1-5-6-15-38-29-27(31(41)39(32(38)42)17-21-9-7-8-10-23(21)34)36-25(37-29)16-20-11-13-22(14-12-20)35-30(40)28-26(33)24(18-45-28)46(4,43,44)19(2)3/h7-14,18-19H,5-6,15-17H2,1-4H3,(H,35,40)(H,36,37)(H,43,44). The van der Waals surface area contributed by atoms with Gasteiger partial charge in [-0.15, -0.1) is 11.3 Å². The lowest BCUT2D eigenvalue weighted by molar-refractivity contribution is 0.103. The number of aryl methyl sites for hydroxylation is 1. The molecule has 0 fully saturated rings. The number of carbonyl (C=O) groups is 1. The molecule has 0 bridgehead atoms. The van der Waals surface area contributed by atoms with Gasteiger partial charge in [-0.1, -0.05) is 55.3 Å². The molecule has 2 aromatic carbocycles. The predicted octanol–water partition coefficient (Wildman–Crippen LogP) is 6.12. The first-order valence-corrected chi connectivity index (χ1v) is 18.4. The van der Waals surface area contributed by atoms with Gasteiger partial charge in [0.15, 0.2) is 5.65 Å². The largest absolute Gasteiger partial charge is 0.336 e. The summed E-state index contributed by atoms with van der Waals surface area (Å²) in [6, 6.07) is 13.0. The van der Waals surface area contributed by atoms with Crippen molar-refractivity contribution >= 4 is 55.0 Å². The van der Waals surface area contributed by atoms with Gasteiger partial charge in [-0.25, -0.2) is 18.4 Å². The normalized spacial score (nSPS) is 12.8. The van der Waals surface area contributed by atoms with Crippen LogP contribution in [-0.2, 0) is 28.9 Å². The van der Waals surface area contributed by atoms with Crippen LogP contribution in [0.2, 0.25) is 5.02 Å². The number of hydrogen-bond donors (Lipinski definition) is 3. The Hall–Kier alpha value is -3.91. The van der Waals surface area contributed by atoms with Crippen molar-refractivity contribution in [2.24, 2.45) is 0 Å². The fourth-order valence-corrected chi connectivity index (χ4v) is 8.72. The smallest absolute Gasteiger partial charge is 0.333 e. The number of hydrogen-bond acceptors (Lipinski definition) is 6. The van der Waals surface area contributed by atoms with E-state index in [1.807, 2.05) is 6.92 Å². The molecule has 0 aliphatic rings. The van der Waals surface area contributed by atoms with Crippen LogP contribution in [0.4, 0.5) is 10.1 Å². The minimum absolute atomic E-state index is 0.0370. The Morgan fingerprint density at radius 2 is 1.85 bits per heavy atom. The van der Waals surface area contributed by atoms with Crippen molar-refractivity contribution < 1.29 is 17.9 Å². The number of imidazole rings is 1. The van der Waals surface area contributed by atoms with Crippen LogP contribution in [0.1, 0.15) is 60.2 Å². The molecule has 244 valence electrons. The Kier molecular flexibility index (Phi) is 9.24.